The zero-order valence-electron chi connectivity index (χ0n) is 18.9. The molecule has 5 rings (SSSR count). The quantitative estimate of drug-likeness (QED) is 0.239. The molecule has 37 heavy (non-hydrogen) atoms. The van der Waals surface area contributed by atoms with Crippen LogP contribution in [0.2, 0.25) is 0 Å². The maximum Gasteiger partial charge on any atom is 0.255 e. The molecular weight excluding hydrogens is 494 g/mol. The fourth-order valence-corrected chi connectivity index (χ4v) is 3.78. The molecule has 1 fully saturated rings. The number of rotatable bonds is 5. The highest BCUT2D eigenvalue weighted by Crippen LogP contribution is 2.27. The van der Waals surface area contributed by atoms with Crippen molar-refractivity contribution in [3.63, 3.8) is 0 Å². The molecule has 2 aromatic heterocycles. The van der Waals surface area contributed by atoms with Gasteiger partial charge >= 0.3 is 0 Å². The third kappa shape index (κ3) is 4.88. The number of hydrogen-bond donors (Lipinski definition) is 2. The first-order chi connectivity index (χ1) is 17.8. The molecule has 4 aromatic rings. The van der Waals surface area contributed by atoms with Gasteiger partial charge in [-0.1, -0.05) is 0 Å². The fourth-order valence-electron chi connectivity index (χ4n) is 3.78. The molecule has 2 N–H and O–H groups in total. The molecular formula is C25H17F4N5O3. The lowest BCUT2D eigenvalue weighted by molar-refractivity contribution is 0.0250. The van der Waals surface area contributed by atoms with Gasteiger partial charge < -0.3 is 15.4 Å². The van der Waals surface area contributed by atoms with Gasteiger partial charge in [-0.3, -0.25) is 19.6 Å². The van der Waals surface area contributed by atoms with E-state index in [1.54, 1.807) is 0 Å². The summed E-state index contributed by atoms with van der Waals surface area (Å²) in [6, 6.07) is 5.84. The molecule has 0 spiro atoms. The summed E-state index contributed by atoms with van der Waals surface area (Å²) >= 11 is 0. The van der Waals surface area contributed by atoms with E-state index in [4.69, 9.17) is 4.74 Å². The van der Waals surface area contributed by atoms with Crippen LogP contribution in [0.1, 0.15) is 38.2 Å². The minimum atomic E-state index is -1.74. The largest absolute Gasteiger partial charge is 0.369 e. The summed E-state index contributed by atoms with van der Waals surface area (Å²) in [5.41, 5.74) is -1.49. The van der Waals surface area contributed by atoms with E-state index in [0.29, 0.717) is 37.0 Å². The number of nitrogens with one attached hydrogen (secondary N) is 2. The van der Waals surface area contributed by atoms with Crippen LogP contribution in [0.3, 0.4) is 0 Å². The highest BCUT2D eigenvalue weighted by Gasteiger charge is 2.28. The van der Waals surface area contributed by atoms with Crippen molar-refractivity contribution in [1.82, 2.24) is 20.3 Å². The van der Waals surface area contributed by atoms with Crippen LogP contribution in [-0.4, -0.2) is 46.3 Å². The van der Waals surface area contributed by atoms with Gasteiger partial charge in [0.15, 0.2) is 17.5 Å². The van der Waals surface area contributed by atoms with E-state index >= 15 is 4.39 Å². The third-order valence-corrected chi connectivity index (χ3v) is 5.68. The minimum Gasteiger partial charge on any atom is -0.369 e. The van der Waals surface area contributed by atoms with E-state index in [1.807, 2.05) is 0 Å². The molecule has 1 unspecified atom stereocenters. The van der Waals surface area contributed by atoms with Gasteiger partial charge in [0.25, 0.3) is 5.91 Å². The summed E-state index contributed by atoms with van der Waals surface area (Å²) < 4.78 is 63.0. The Kier molecular flexibility index (Phi) is 6.59. The molecule has 1 aliphatic rings. The lowest BCUT2D eigenvalue weighted by atomic mass is 10.0. The third-order valence-electron chi connectivity index (χ3n) is 5.68. The van der Waals surface area contributed by atoms with Crippen molar-refractivity contribution in [2.75, 3.05) is 25.0 Å². The molecule has 188 valence electrons. The number of aromatic nitrogens is 3. The lowest BCUT2D eigenvalue weighted by Gasteiger charge is -2.22. The van der Waals surface area contributed by atoms with Crippen LogP contribution in [0.15, 0.2) is 48.8 Å². The maximum atomic E-state index is 15.2. The van der Waals surface area contributed by atoms with Gasteiger partial charge in [0, 0.05) is 24.7 Å². The Balaban J connectivity index is 1.48. The Morgan fingerprint density at radius 3 is 2.49 bits per heavy atom. The first-order valence-electron chi connectivity index (χ1n) is 11.1. The number of ether oxygens (including phenoxy) is 1. The van der Waals surface area contributed by atoms with Crippen LogP contribution in [0.4, 0.5) is 23.2 Å². The van der Waals surface area contributed by atoms with Crippen LogP contribution in [0.5, 0.6) is 0 Å². The summed E-state index contributed by atoms with van der Waals surface area (Å²) in [5.74, 6) is -7.60. The van der Waals surface area contributed by atoms with E-state index in [2.05, 4.69) is 25.6 Å². The Hall–Kier alpha value is -4.29. The van der Waals surface area contributed by atoms with Gasteiger partial charge in [-0.2, -0.15) is 0 Å². The van der Waals surface area contributed by atoms with Gasteiger partial charge in [0.05, 0.1) is 35.9 Å². The number of nitrogens with zero attached hydrogens (tertiary/aromatic N) is 3. The number of benzene rings is 2. The highest BCUT2D eigenvalue weighted by molar-refractivity contribution is 6.10. The number of carbonyl (C=O) groups excluding carboxylic acids is 2. The molecule has 1 aliphatic heterocycles. The molecule has 12 heteroatoms. The summed E-state index contributed by atoms with van der Waals surface area (Å²) in [5, 5.41) is 5.23. The number of morpholine rings is 1. The molecule has 0 radical (unpaired) electrons. The van der Waals surface area contributed by atoms with E-state index < -0.39 is 51.9 Å². The Morgan fingerprint density at radius 1 is 0.973 bits per heavy atom. The van der Waals surface area contributed by atoms with Gasteiger partial charge in [-0.25, -0.2) is 22.5 Å². The number of carbonyl (C=O) groups is 2. The van der Waals surface area contributed by atoms with E-state index in [9.17, 15) is 22.8 Å². The number of pyridine rings is 1. The summed E-state index contributed by atoms with van der Waals surface area (Å²) in [6.45, 7) is 1.67. The fraction of sp³-hybridized carbons (Fsp3) is 0.160. The van der Waals surface area contributed by atoms with E-state index in [0.717, 1.165) is 24.3 Å². The number of fused-ring (bicyclic) bond motifs is 1. The molecule has 1 saturated heterocycles. The predicted octanol–water partition coefficient (Wildman–Crippen LogP) is 3.73. The molecule has 1 amide bonds. The average molecular weight is 511 g/mol. The number of hydrogen-bond acceptors (Lipinski definition) is 7. The molecule has 2 aromatic carbocycles. The minimum absolute atomic E-state index is 0.0684. The monoisotopic (exact) mass is 511 g/mol. The maximum absolute atomic E-state index is 15.2. The first kappa shape index (κ1) is 24.4. The molecule has 0 bridgehead atoms. The van der Waals surface area contributed by atoms with Gasteiger partial charge in [0.1, 0.15) is 28.7 Å². The molecule has 0 aliphatic carbocycles. The van der Waals surface area contributed by atoms with E-state index in [-0.39, 0.29) is 17.2 Å². The SMILES string of the molecule is O=C(Nc1cc(F)c(F)c(C(=O)c2cc3nc(C4CNCCO4)cnc3cn2)c1F)c1ccc(F)cc1. The average Bonchev–Trinajstić information content (AvgIpc) is 2.92. The lowest BCUT2D eigenvalue weighted by Crippen LogP contribution is -2.33. The van der Waals surface area contributed by atoms with Crippen molar-refractivity contribution in [2.45, 2.75) is 6.10 Å². The van der Waals surface area contributed by atoms with Crippen molar-refractivity contribution < 1.29 is 31.9 Å². The Morgan fingerprint density at radius 2 is 1.76 bits per heavy atom. The predicted molar refractivity (Wildman–Crippen MR) is 123 cm³/mol. The van der Waals surface area contributed by atoms with Crippen molar-refractivity contribution >= 4 is 28.4 Å². The number of anilines is 1. The number of halogens is 4. The molecule has 8 nitrogen and oxygen atoms in total. The molecule has 0 saturated carbocycles. The summed E-state index contributed by atoms with van der Waals surface area (Å²) in [7, 11) is 0. The van der Waals surface area contributed by atoms with Gasteiger partial charge in [0.2, 0.25) is 5.78 Å². The zero-order chi connectivity index (χ0) is 26.1. The van der Waals surface area contributed by atoms with Crippen LogP contribution >= 0.6 is 0 Å². The normalized spacial score (nSPS) is 15.5. The van der Waals surface area contributed by atoms with Crippen LogP contribution < -0.4 is 10.6 Å². The van der Waals surface area contributed by atoms with Crippen LogP contribution in [0, 0.1) is 23.3 Å². The summed E-state index contributed by atoms with van der Waals surface area (Å²) in [6.07, 6.45) is 2.33. The second-order valence-corrected chi connectivity index (χ2v) is 8.12. The smallest absolute Gasteiger partial charge is 0.255 e. The standard InChI is InChI=1S/C25H17F4N5O3/c26-13-3-1-12(2-4-13)25(36)34-16-7-14(27)22(28)21(23(16)29)24(35)17-8-15-18(9-31-17)32-10-19(33-15)20-11-30-5-6-37-20/h1-4,7-10,20,30H,5-6,11H2,(H,34,36). The Labute approximate surface area is 206 Å². The van der Waals surface area contributed by atoms with E-state index in [1.165, 1.54) is 18.5 Å². The second kappa shape index (κ2) is 9.99. The Bertz CT molecular complexity index is 1530. The van der Waals surface area contributed by atoms with Crippen molar-refractivity contribution in [2.24, 2.45) is 0 Å². The summed E-state index contributed by atoms with van der Waals surface area (Å²) in [4.78, 5) is 38.0. The van der Waals surface area contributed by atoms with Crippen LogP contribution in [0.25, 0.3) is 11.0 Å². The zero-order valence-corrected chi connectivity index (χ0v) is 18.9. The topological polar surface area (TPSA) is 106 Å². The highest BCUT2D eigenvalue weighted by atomic mass is 19.2. The van der Waals surface area contributed by atoms with Crippen LogP contribution in [-0.2, 0) is 4.74 Å². The van der Waals surface area contributed by atoms with Crippen molar-refractivity contribution in [1.29, 1.82) is 0 Å². The van der Waals surface area contributed by atoms with Crippen molar-refractivity contribution in [3.8, 4) is 0 Å². The van der Waals surface area contributed by atoms with Crippen molar-refractivity contribution in [3.05, 3.63) is 94.6 Å². The van der Waals surface area contributed by atoms with Gasteiger partial charge in [-0.05, 0) is 30.3 Å². The number of ketones is 1. The van der Waals surface area contributed by atoms with Gasteiger partial charge in [-0.15, -0.1) is 0 Å². The molecule has 3 heterocycles. The second-order valence-electron chi connectivity index (χ2n) is 8.12. The number of amides is 1. The first-order valence-corrected chi connectivity index (χ1v) is 11.1. The molecule has 1 atom stereocenters.